The number of benzene rings is 1. The van der Waals surface area contributed by atoms with Crippen LogP contribution in [-0.4, -0.2) is 19.0 Å². The van der Waals surface area contributed by atoms with Gasteiger partial charge >= 0.3 is 0 Å². The van der Waals surface area contributed by atoms with Crippen LogP contribution in [0.4, 0.5) is 0 Å². The molecular weight excluding hydrogens is 278 g/mol. The fraction of sp³-hybridized carbons (Fsp3) is 0.222. The van der Waals surface area contributed by atoms with E-state index in [0.29, 0.717) is 17.8 Å². The molecule has 4 heteroatoms. The van der Waals surface area contributed by atoms with Crippen LogP contribution in [-0.2, 0) is 14.3 Å². The molecule has 0 saturated heterocycles. The average molecular weight is 293 g/mol. The summed E-state index contributed by atoms with van der Waals surface area (Å²) < 4.78 is 10.8. The third-order valence-electron chi connectivity index (χ3n) is 3.86. The van der Waals surface area contributed by atoms with Crippen LogP contribution in [0.5, 0.6) is 0 Å². The zero-order valence-corrected chi connectivity index (χ0v) is 12.2. The van der Waals surface area contributed by atoms with Gasteiger partial charge in [0.05, 0.1) is 12.3 Å². The number of ketones is 1. The summed E-state index contributed by atoms with van der Waals surface area (Å²) in [6.07, 6.45) is 4.49. The van der Waals surface area contributed by atoms with Gasteiger partial charge in [0, 0.05) is 25.0 Å². The Bertz CT molecular complexity index is 722. The summed E-state index contributed by atoms with van der Waals surface area (Å²) >= 11 is 0. The van der Waals surface area contributed by atoms with E-state index in [0.717, 1.165) is 11.1 Å². The van der Waals surface area contributed by atoms with Gasteiger partial charge in [-0.3, -0.25) is 4.79 Å². The van der Waals surface area contributed by atoms with Crippen molar-refractivity contribution in [1.82, 2.24) is 0 Å². The molecule has 1 aromatic carbocycles. The maximum absolute atomic E-state index is 12.1. The lowest BCUT2D eigenvalue weighted by Crippen LogP contribution is -2.23. The third-order valence-corrected chi connectivity index (χ3v) is 3.86. The lowest BCUT2D eigenvalue weighted by atomic mass is 9.81. The molecule has 0 aromatic heterocycles. The van der Waals surface area contributed by atoms with E-state index in [1.165, 1.54) is 13.2 Å². The van der Waals surface area contributed by atoms with Crippen LogP contribution in [0.2, 0.25) is 0 Å². The summed E-state index contributed by atoms with van der Waals surface area (Å²) in [5.41, 5.74) is 2.48. The highest BCUT2D eigenvalue weighted by molar-refractivity contribution is 5.95. The summed E-state index contributed by atoms with van der Waals surface area (Å²) in [6.45, 7) is 0. The molecule has 4 nitrogen and oxygen atoms in total. The molecule has 22 heavy (non-hydrogen) atoms. The van der Waals surface area contributed by atoms with Crippen molar-refractivity contribution in [2.24, 2.45) is 0 Å². The summed E-state index contributed by atoms with van der Waals surface area (Å²) in [5.74, 6) is 0.532. The molecule has 2 atom stereocenters. The van der Waals surface area contributed by atoms with E-state index in [1.54, 1.807) is 6.26 Å². The van der Waals surface area contributed by atoms with E-state index in [1.807, 2.05) is 42.5 Å². The predicted octanol–water partition coefficient (Wildman–Crippen LogP) is 3.01. The largest absolute Gasteiger partial charge is 0.465 e. The third kappa shape index (κ3) is 2.47. The molecular formula is C18H15NO3. The van der Waals surface area contributed by atoms with Crippen LogP contribution < -0.4 is 0 Å². The lowest BCUT2D eigenvalue weighted by molar-refractivity contribution is -0.114. The number of hydrogen-bond acceptors (Lipinski definition) is 4. The highest BCUT2D eigenvalue weighted by Crippen LogP contribution is 2.40. The first-order valence-electron chi connectivity index (χ1n) is 7.03. The summed E-state index contributed by atoms with van der Waals surface area (Å²) in [5, 5.41) is 9.21. The molecule has 0 bridgehead atoms. The van der Waals surface area contributed by atoms with Gasteiger partial charge in [-0.1, -0.05) is 30.3 Å². The quantitative estimate of drug-likeness (QED) is 0.859. The first-order chi connectivity index (χ1) is 10.7. The van der Waals surface area contributed by atoms with Crippen LogP contribution in [0.1, 0.15) is 17.9 Å². The smallest absolute Gasteiger partial charge is 0.172 e. The van der Waals surface area contributed by atoms with Gasteiger partial charge in [0.15, 0.2) is 11.9 Å². The molecule has 2 aliphatic rings. The van der Waals surface area contributed by atoms with Crippen LogP contribution in [0, 0.1) is 11.3 Å². The Hall–Kier alpha value is -2.64. The second-order valence-electron chi connectivity index (χ2n) is 5.18. The van der Waals surface area contributed by atoms with E-state index >= 15 is 0 Å². The van der Waals surface area contributed by atoms with E-state index in [-0.39, 0.29) is 11.7 Å². The normalized spacial score (nSPS) is 21.5. The second kappa shape index (κ2) is 6.00. The number of nitriles is 1. The molecule has 1 heterocycles. The van der Waals surface area contributed by atoms with E-state index in [9.17, 15) is 10.1 Å². The van der Waals surface area contributed by atoms with Gasteiger partial charge in [-0.05, 0) is 23.3 Å². The Kier molecular flexibility index (Phi) is 3.90. The van der Waals surface area contributed by atoms with Crippen LogP contribution in [0.25, 0.3) is 0 Å². The minimum absolute atomic E-state index is 0.0196. The standard InChI is InChI=1S/C18H15NO3/c1-21-17(11-19)16-10-13(20)9-15-14(7-8-22-18(15)16)12-5-3-2-4-6-12/h2-8,10,14,17H,9H2,1H3. The first kappa shape index (κ1) is 14.3. The second-order valence-corrected chi connectivity index (χ2v) is 5.18. The molecule has 2 unspecified atom stereocenters. The minimum Gasteiger partial charge on any atom is -0.465 e. The van der Waals surface area contributed by atoms with Crippen molar-refractivity contribution >= 4 is 5.78 Å². The molecule has 3 rings (SSSR count). The number of carbonyl (C=O) groups excluding carboxylic acids is 1. The zero-order chi connectivity index (χ0) is 15.5. The molecule has 110 valence electrons. The maximum atomic E-state index is 12.1. The molecule has 0 N–H and O–H groups in total. The number of carbonyl (C=O) groups is 1. The molecule has 0 spiro atoms. The van der Waals surface area contributed by atoms with Crippen molar-refractivity contribution in [3.8, 4) is 6.07 Å². The fourth-order valence-electron chi connectivity index (χ4n) is 2.86. The van der Waals surface area contributed by atoms with Crippen molar-refractivity contribution in [1.29, 1.82) is 5.26 Å². The predicted molar refractivity (Wildman–Crippen MR) is 80.6 cm³/mol. The Morgan fingerprint density at radius 1 is 1.36 bits per heavy atom. The van der Waals surface area contributed by atoms with Crippen molar-refractivity contribution in [3.05, 3.63) is 71.2 Å². The Labute approximate surface area is 129 Å². The Balaban J connectivity index is 2.06. The highest BCUT2D eigenvalue weighted by atomic mass is 16.5. The van der Waals surface area contributed by atoms with E-state index < -0.39 is 6.10 Å². The molecule has 1 aliphatic carbocycles. The van der Waals surface area contributed by atoms with Gasteiger partial charge in [0.1, 0.15) is 5.76 Å². The molecule has 0 amide bonds. The number of methoxy groups -OCH3 is 1. The van der Waals surface area contributed by atoms with Crippen LogP contribution in [0.15, 0.2) is 65.7 Å². The number of allylic oxidation sites excluding steroid dienone is 3. The number of rotatable bonds is 3. The van der Waals surface area contributed by atoms with E-state index in [2.05, 4.69) is 0 Å². The number of nitrogens with zero attached hydrogens (tertiary/aromatic N) is 1. The highest BCUT2D eigenvalue weighted by Gasteiger charge is 2.33. The molecule has 1 aliphatic heterocycles. The van der Waals surface area contributed by atoms with Gasteiger partial charge in [-0.15, -0.1) is 0 Å². The van der Waals surface area contributed by atoms with Crippen LogP contribution in [0.3, 0.4) is 0 Å². The zero-order valence-electron chi connectivity index (χ0n) is 12.2. The Morgan fingerprint density at radius 3 is 2.82 bits per heavy atom. The van der Waals surface area contributed by atoms with Gasteiger partial charge in [0.25, 0.3) is 0 Å². The summed E-state index contributed by atoms with van der Waals surface area (Å²) in [7, 11) is 1.45. The van der Waals surface area contributed by atoms with E-state index in [4.69, 9.17) is 9.47 Å². The number of ether oxygens (including phenoxy) is 2. The van der Waals surface area contributed by atoms with Gasteiger partial charge in [-0.2, -0.15) is 5.26 Å². The SMILES string of the molecule is COC(C#N)C1=CC(=O)CC2=C1OC=CC2c1ccccc1. The van der Waals surface area contributed by atoms with Crippen molar-refractivity contribution in [3.63, 3.8) is 0 Å². The number of hydrogen-bond donors (Lipinski definition) is 0. The van der Waals surface area contributed by atoms with Crippen LogP contribution >= 0.6 is 0 Å². The summed E-state index contributed by atoms with van der Waals surface area (Å²) in [4.78, 5) is 12.1. The lowest BCUT2D eigenvalue weighted by Gasteiger charge is -2.29. The van der Waals surface area contributed by atoms with Crippen molar-refractivity contribution < 1.29 is 14.3 Å². The van der Waals surface area contributed by atoms with Crippen molar-refractivity contribution in [2.45, 2.75) is 18.4 Å². The summed E-state index contributed by atoms with van der Waals surface area (Å²) in [6, 6.07) is 12.0. The van der Waals surface area contributed by atoms with Gasteiger partial charge in [0.2, 0.25) is 0 Å². The topological polar surface area (TPSA) is 59.3 Å². The minimum atomic E-state index is -0.808. The molecule has 0 radical (unpaired) electrons. The monoisotopic (exact) mass is 293 g/mol. The Morgan fingerprint density at radius 2 is 2.14 bits per heavy atom. The maximum Gasteiger partial charge on any atom is 0.172 e. The van der Waals surface area contributed by atoms with Gasteiger partial charge < -0.3 is 9.47 Å². The van der Waals surface area contributed by atoms with Gasteiger partial charge in [-0.25, -0.2) is 0 Å². The molecule has 0 saturated carbocycles. The molecule has 0 fully saturated rings. The van der Waals surface area contributed by atoms with Crippen molar-refractivity contribution in [2.75, 3.05) is 7.11 Å². The average Bonchev–Trinajstić information content (AvgIpc) is 2.56. The fourth-order valence-corrected chi connectivity index (χ4v) is 2.86. The molecule has 1 aromatic rings. The first-order valence-corrected chi connectivity index (χ1v) is 7.03.